The first-order valence-corrected chi connectivity index (χ1v) is 9.70. The van der Waals surface area contributed by atoms with E-state index in [1.807, 2.05) is 0 Å². The summed E-state index contributed by atoms with van der Waals surface area (Å²) in [5.74, 6) is -1.85. The molecule has 31 heavy (non-hydrogen) atoms. The summed E-state index contributed by atoms with van der Waals surface area (Å²) in [4.78, 5) is 23.8. The van der Waals surface area contributed by atoms with Gasteiger partial charge < -0.3 is 9.88 Å². The average Bonchev–Trinajstić information content (AvgIpc) is 3.08. The smallest absolute Gasteiger partial charge is 0.319 e. The van der Waals surface area contributed by atoms with Crippen LogP contribution in [0.1, 0.15) is 22.2 Å². The molecule has 1 atom stereocenters. The molecule has 1 aromatic heterocycles. The largest absolute Gasteiger partial charge is 0.451 e. The Bertz CT molecular complexity index is 1120. The fraction of sp³-hybridized carbons (Fsp3) is 0.211. The SMILES string of the molecule is Cc1ccc(NC(=O)C(Sc2nnc(C(F)(F)F)n2C)c2ccccc2)c([N+](=O)[O-])c1. The van der Waals surface area contributed by atoms with Crippen molar-refractivity contribution in [3.8, 4) is 0 Å². The van der Waals surface area contributed by atoms with Crippen molar-refractivity contribution in [2.45, 2.75) is 23.5 Å². The van der Waals surface area contributed by atoms with Gasteiger partial charge in [-0.2, -0.15) is 13.2 Å². The van der Waals surface area contributed by atoms with Crippen molar-refractivity contribution in [3.63, 3.8) is 0 Å². The lowest BCUT2D eigenvalue weighted by Crippen LogP contribution is -2.20. The minimum Gasteiger partial charge on any atom is -0.319 e. The van der Waals surface area contributed by atoms with Crippen LogP contribution in [0.4, 0.5) is 24.5 Å². The number of nitrogens with zero attached hydrogens (tertiary/aromatic N) is 4. The number of aromatic nitrogens is 3. The lowest BCUT2D eigenvalue weighted by molar-refractivity contribution is -0.384. The minimum absolute atomic E-state index is 0.0175. The maximum atomic E-state index is 13.1. The van der Waals surface area contributed by atoms with Crippen LogP contribution in [0.25, 0.3) is 0 Å². The van der Waals surface area contributed by atoms with E-state index < -0.39 is 28.1 Å². The Morgan fingerprint density at radius 2 is 1.87 bits per heavy atom. The Morgan fingerprint density at radius 3 is 2.45 bits per heavy atom. The van der Waals surface area contributed by atoms with Gasteiger partial charge in [0.15, 0.2) is 5.16 Å². The van der Waals surface area contributed by atoms with E-state index in [9.17, 15) is 28.1 Å². The summed E-state index contributed by atoms with van der Waals surface area (Å²) in [7, 11) is 1.15. The summed E-state index contributed by atoms with van der Waals surface area (Å²) in [6.45, 7) is 1.67. The Kier molecular flexibility index (Phi) is 6.29. The highest BCUT2D eigenvalue weighted by Gasteiger charge is 2.38. The number of benzene rings is 2. The highest BCUT2D eigenvalue weighted by atomic mass is 32.2. The molecule has 0 aliphatic rings. The Morgan fingerprint density at radius 1 is 1.19 bits per heavy atom. The molecule has 1 amide bonds. The van der Waals surface area contributed by atoms with Crippen LogP contribution in [-0.4, -0.2) is 25.6 Å². The summed E-state index contributed by atoms with van der Waals surface area (Å²) in [6.07, 6.45) is -4.70. The van der Waals surface area contributed by atoms with E-state index in [2.05, 4.69) is 15.5 Å². The van der Waals surface area contributed by atoms with Crippen molar-refractivity contribution >= 4 is 29.0 Å². The zero-order chi connectivity index (χ0) is 22.8. The number of carbonyl (C=O) groups excluding carboxylic acids is 1. The van der Waals surface area contributed by atoms with Crippen LogP contribution >= 0.6 is 11.8 Å². The second-order valence-corrected chi connectivity index (χ2v) is 7.61. The molecule has 3 aromatic rings. The van der Waals surface area contributed by atoms with Crippen molar-refractivity contribution in [2.24, 2.45) is 7.05 Å². The van der Waals surface area contributed by atoms with Crippen molar-refractivity contribution in [1.82, 2.24) is 14.8 Å². The fourth-order valence-electron chi connectivity index (χ4n) is 2.77. The first-order valence-electron chi connectivity index (χ1n) is 8.82. The van der Waals surface area contributed by atoms with Crippen LogP contribution in [0.5, 0.6) is 0 Å². The third kappa shape index (κ3) is 5.02. The molecule has 0 bridgehead atoms. The van der Waals surface area contributed by atoms with Gasteiger partial charge >= 0.3 is 6.18 Å². The lowest BCUT2D eigenvalue weighted by atomic mass is 10.1. The van der Waals surface area contributed by atoms with Gasteiger partial charge in [0.1, 0.15) is 10.9 Å². The van der Waals surface area contributed by atoms with E-state index in [1.54, 1.807) is 43.3 Å². The van der Waals surface area contributed by atoms with Crippen molar-refractivity contribution in [1.29, 1.82) is 0 Å². The number of nitro groups is 1. The van der Waals surface area contributed by atoms with E-state index in [-0.39, 0.29) is 16.5 Å². The van der Waals surface area contributed by atoms with Gasteiger partial charge in [0.25, 0.3) is 5.69 Å². The number of halogens is 3. The summed E-state index contributed by atoms with van der Waals surface area (Å²) in [6, 6.07) is 12.6. The summed E-state index contributed by atoms with van der Waals surface area (Å²) in [5.41, 5.74) is 0.813. The number of carbonyl (C=O) groups is 1. The summed E-state index contributed by atoms with van der Waals surface area (Å²) in [5, 5.41) is 19.4. The molecule has 12 heteroatoms. The zero-order valence-corrected chi connectivity index (χ0v) is 17.1. The van der Waals surface area contributed by atoms with Gasteiger partial charge in [-0.3, -0.25) is 14.9 Å². The minimum atomic E-state index is -4.70. The quantitative estimate of drug-likeness (QED) is 0.336. The second kappa shape index (κ2) is 8.76. The molecule has 0 radical (unpaired) electrons. The highest BCUT2D eigenvalue weighted by Crippen LogP contribution is 2.38. The maximum absolute atomic E-state index is 13.1. The van der Waals surface area contributed by atoms with Crippen LogP contribution in [0.3, 0.4) is 0 Å². The lowest BCUT2D eigenvalue weighted by Gasteiger charge is -2.17. The number of nitrogens with one attached hydrogen (secondary N) is 1. The molecular formula is C19H16F3N5O3S. The average molecular weight is 451 g/mol. The molecule has 0 aliphatic heterocycles. The first-order chi connectivity index (χ1) is 14.6. The van der Waals surface area contributed by atoms with Crippen LogP contribution in [0.15, 0.2) is 53.7 Å². The van der Waals surface area contributed by atoms with Gasteiger partial charge in [-0.15, -0.1) is 10.2 Å². The predicted molar refractivity (Wildman–Crippen MR) is 108 cm³/mol. The molecule has 1 heterocycles. The fourth-order valence-corrected chi connectivity index (χ4v) is 3.77. The summed E-state index contributed by atoms with van der Waals surface area (Å²) < 4.78 is 39.9. The highest BCUT2D eigenvalue weighted by molar-refractivity contribution is 8.00. The number of alkyl halides is 3. The van der Waals surface area contributed by atoms with E-state index in [1.165, 1.54) is 12.1 Å². The Balaban J connectivity index is 1.95. The van der Waals surface area contributed by atoms with Crippen molar-refractivity contribution < 1.29 is 22.9 Å². The molecule has 3 rings (SSSR count). The third-order valence-electron chi connectivity index (χ3n) is 4.26. The number of hydrogen-bond acceptors (Lipinski definition) is 6. The van der Waals surface area contributed by atoms with Gasteiger partial charge in [-0.25, -0.2) is 0 Å². The molecular weight excluding hydrogens is 435 g/mol. The van der Waals surface area contributed by atoms with Crippen LogP contribution in [0.2, 0.25) is 0 Å². The number of hydrogen-bond donors (Lipinski definition) is 1. The topological polar surface area (TPSA) is 103 Å². The van der Waals surface area contributed by atoms with Gasteiger partial charge in [-0.1, -0.05) is 48.2 Å². The molecule has 0 fully saturated rings. The Hall–Kier alpha value is -3.41. The zero-order valence-electron chi connectivity index (χ0n) is 16.3. The van der Waals surface area contributed by atoms with Crippen LogP contribution < -0.4 is 5.32 Å². The summed E-state index contributed by atoms with van der Waals surface area (Å²) >= 11 is 0.758. The normalized spacial score (nSPS) is 12.4. The molecule has 1 unspecified atom stereocenters. The molecule has 2 aromatic carbocycles. The molecule has 0 spiro atoms. The van der Waals surface area contributed by atoms with E-state index in [0.717, 1.165) is 23.4 Å². The van der Waals surface area contributed by atoms with Gasteiger partial charge in [0.05, 0.1) is 4.92 Å². The number of aryl methyl sites for hydroxylation is 1. The number of amides is 1. The predicted octanol–water partition coefficient (Wildman–Crippen LogP) is 4.52. The third-order valence-corrected chi connectivity index (χ3v) is 5.55. The van der Waals surface area contributed by atoms with Gasteiger partial charge in [0, 0.05) is 13.1 Å². The molecule has 8 nitrogen and oxygen atoms in total. The molecule has 162 valence electrons. The van der Waals surface area contributed by atoms with Gasteiger partial charge in [-0.05, 0) is 24.1 Å². The molecule has 0 saturated heterocycles. The first kappa shape index (κ1) is 22.3. The molecule has 0 saturated carbocycles. The van der Waals surface area contributed by atoms with E-state index >= 15 is 0 Å². The van der Waals surface area contributed by atoms with Crippen molar-refractivity contribution in [2.75, 3.05) is 5.32 Å². The number of nitro benzene ring substituents is 1. The monoisotopic (exact) mass is 451 g/mol. The maximum Gasteiger partial charge on any atom is 0.451 e. The van der Waals surface area contributed by atoms with E-state index in [0.29, 0.717) is 11.1 Å². The molecule has 1 N–H and O–H groups in total. The van der Waals surface area contributed by atoms with Gasteiger partial charge in [0.2, 0.25) is 11.7 Å². The second-order valence-electron chi connectivity index (χ2n) is 6.54. The number of thioether (sulfide) groups is 1. The number of rotatable bonds is 6. The standard InChI is InChI=1S/C19H16F3N5O3S/c1-11-8-9-13(14(10-11)27(29)30)23-16(28)15(12-6-4-3-5-7-12)31-18-25-24-17(26(18)2)19(20,21)22/h3-10,15H,1-2H3,(H,23,28). The van der Waals surface area contributed by atoms with Crippen LogP contribution in [-0.2, 0) is 18.0 Å². The van der Waals surface area contributed by atoms with Crippen molar-refractivity contribution in [3.05, 3.63) is 75.6 Å². The Labute approximate surface area is 178 Å². The number of anilines is 1. The van der Waals surface area contributed by atoms with E-state index in [4.69, 9.17) is 0 Å². The van der Waals surface area contributed by atoms with Crippen LogP contribution in [0, 0.1) is 17.0 Å². The molecule has 0 aliphatic carbocycles.